The minimum atomic E-state index is -0.406. The van der Waals surface area contributed by atoms with E-state index < -0.39 is 5.69 Å². The van der Waals surface area contributed by atoms with Crippen LogP contribution in [0.2, 0.25) is 0 Å². The monoisotopic (exact) mass is 313 g/mol. The number of benzene rings is 1. The quantitative estimate of drug-likeness (QED) is 0.732. The highest BCUT2D eigenvalue weighted by Crippen LogP contribution is 2.11. The summed E-state index contributed by atoms with van der Waals surface area (Å²) in [4.78, 5) is 30.9. The molecule has 1 N–H and O–H groups in total. The van der Waals surface area contributed by atoms with Crippen molar-refractivity contribution in [1.29, 1.82) is 0 Å². The number of aromatic nitrogens is 3. The van der Waals surface area contributed by atoms with Crippen LogP contribution in [0.1, 0.15) is 5.56 Å². The molecule has 0 amide bonds. The lowest BCUT2D eigenvalue weighted by Crippen LogP contribution is -2.35. The second-order valence-electron chi connectivity index (χ2n) is 4.82. The van der Waals surface area contributed by atoms with Gasteiger partial charge in [-0.1, -0.05) is 30.3 Å². The number of H-pyrrole nitrogens is 1. The van der Waals surface area contributed by atoms with E-state index in [4.69, 9.17) is 0 Å². The van der Waals surface area contributed by atoms with Crippen LogP contribution in [-0.2, 0) is 12.3 Å². The minimum absolute atomic E-state index is 0.285. The molecule has 6 heteroatoms. The fourth-order valence-electron chi connectivity index (χ4n) is 2.21. The summed E-state index contributed by atoms with van der Waals surface area (Å²) in [6.45, 7) is 0.385. The Morgan fingerprint density at radius 3 is 2.73 bits per heavy atom. The molecule has 0 fully saturated rings. The standard InChI is InChI=1S/C16H15N3O2S/c20-15-13-7-4-8-17-14(13)18-16(21)19(15)9-10-22-11-12-5-2-1-3-6-12/h1-8H,9-11H2,(H,17,18,21). The molecule has 3 rings (SSSR count). The summed E-state index contributed by atoms with van der Waals surface area (Å²) >= 11 is 1.70. The molecule has 0 bridgehead atoms. The Morgan fingerprint density at radius 1 is 1.09 bits per heavy atom. The van der Waals surface area contributed by atoms with Crippen LogP contribution in [0.25, 0.3) is 11.0 Å². The summed E-state index contributed by atoms with van der Waals surface area (Å²) in [7, 11) is 0. The van der Waals surface area contributed by atoms with Gasteiger partial charge >= 0.3 is 5.69 Å². The van der Waals surface area contributed by atoms with E-state index in [1.54, 1.807) is 30.1 Å². The van der Waals surface area contributed by atoms with Gasteiger partial charge in [-0.2, -0.15) is 11.8 Å². The van der Waals surface area contributed by atoms with E-state index >= 15 is 0 Å². The van der Waals surface area contributed by atoms with Gasteiger partial charge in [0.25, 0.3) is 5.56 Å². The molecule has 0 saturated heterocycles. The van der Waals surface area contributed by atoms with Crippen molar-refractivity contribution in [1.82, 2.24) is 14.5 Å². The molecular weight excluding hydrogens is 298 g/mol. The van der Waals surface area contributed by atoms with Crippen LogP contribution < -0.4 is 11.2 Å². The number of nitrogens with one attached hydrogen (secondary N) is 1. The molecule has 0 aliphatic carbocycles. The molecule has 0 unspecified atom stereocenters. The largest absolute Gasteiger partial charge is 0.330 e. The molecule has 22 heavy (non-hydrogen) atoms. The lowest BCUT2D eigenvalue weighted by atomic mass is 10.2. The maximum absolute atomic E-state index is 12.3. The Hall–Kier alpha value is -2.34. The summed E-state index contributed by atoms with van der Waals surface area (Å²) in [6, 6.07) is 13.5. The van der Waals surface area contributed by atoms with E-state index in [0.717, 1.165) is 5.75 Å². The molecule has 0 spiro atoms. The highest BCUT2D eigenvalue weighted by molar-refractivity contribution is 7.98. The van der Waals surface area contributed by atoms with Crippen molar-refractivity contribution in [2.24, 2.45) is 0 Å². The maximum Gasteiger partial charge on any atom is 0.330 e. The van der Waals surface area contributed by atoms with Crippen LogP contribution in [0, 0.1) is 0 Å². The summed E-state index contributed by atoms with van der Waals surface area (Å²) in [5.41, 5.74) is 0.880. The molecule has 0 saturated carbocycles. The molecule has 2 aromatic heterocycles. The van der Waals surface area contributed by atoms with Gasteiger partial charge in [-0.25, -0.2) is 9.78 Å². The first-order valence-electron chi connectivity index (χ1n) is 6.95. The number of rotatable bonds is 5. The smallest absolute Gasteiger partial charge is 0.291 e. The summed E-state index contributed by atoms with van der Waals surface area (Å²) in [6.07, 6.45) is 1.55. The van der Waals surface area contributed by atoms with Crippen LogP contribution >= 0.6 is 11.8 Å². The Morgan fingerprint density at radius 2 is 1.91 bits per heavy atom. The van der Waals surface area contributed by atoms with Gasteiger partial charge in [0.15, 0.2) is 0 Å². The van der Waals surface area contributed by atoms with Gasteiger partial charge in [-0.05, 0) is 17.7 Å². The average Bonchev–Trinajstić information content (AvgIpc) is 2.55. The van der Waals surface area contributed by atoms with Gasteiger partial charge in [0.2, 0.25) is 0 Å². The molecule has 1 aromatic carbocycles. The second kappa shape index (κ2) is 6.62. The second-order valence-corrected chi connectivity index (χ2v) is 5.93. The first kappa shape index (κ1) is 14.6. The number of pyridine rings is 1. The zero-order valence-corrected chi connectivity index (χ0v) is 12.7. The van der Waals surface area contributed by atoms with Crippen LogP contribution in [0.5, 0.6) is 0 Å². The van der Waals surface area contributed by atoms with Gasteiger partial charge < -0.3 is 0 Å². The number of fused-ring (bicyclic) bond motifs is 1. The maximum atomic E-state index is 12.3. The first-order valence-corrected chi connectivity index (χ1v) is 8.11. The van der Waals surface area contributed by atoms with Crippen LogP contribution in [0.3, 0.4) is 0 Å². The Labute approximate surface area is 131 Å². The van der Waals surface area contributed by atoms with E-state index in [1.807, 2.05) is 18.2 Å². The van der Waals surface area contributed by atoms with Gasteiger partial charge in [0, 0.05) is 24.2 Å². The van der Waals surface area contributed by atoms with Gasteiger partial charge in [0.05, 0.1) is 5.39 Å². The third-order valence-electron chi connectivity index (χ3n) is 3.32. The summed E-state index contributed by atoms with van der Waals surface area (Å²) in [5.74, 6) is 1.56. The van der Waals surface area contributed by atoms with Crippen LogP contribution in [-0.4, -0.2) is 20.3 Å². The van der Waals surface area contributed by atoms with E-state index in [2.05, 4.69) is 22.1 Å². The Bertz CT molecular complexity index is 887. The predicted molar refractivity (Wildman–Crippen MR) is 89.2 cm³/mol. The normalized spacial score (nSPS) is 10.9. The van der Waals surface area contributed by atoms with Gasteiger partial charge in [-0.15, -0.1) is 0 Å². The number of nitrogens with zero attached hydrogens (tertiary/aromatic N) is 2. The molecule has 2 heterocycles. The predicted octanol–water partition coefficient (Wildman–Crippen LogP) is 2.02. The number of hydrogen-bond acceptors (Lipinski definition) is 4. The third-order valence-corrected chi connectivity index (χ3v) is 4.33. The third kappa shape index (κ3) is 3.12. The molecule has 0 aliphatic heterocycles. The zero-order chi connectivity index (χ0) is 15.4. The number of thioether (sulfide) groups is 1. The zero-order valence-electron chi connectivity index (χ0n) is 11.9. The van der Waals surface area contributed by atoms with E-state index in [1.165, 1.54) is 10.1 Å². The molecule has 0 atom stereocenters. The molecule has 3 aromatic rings. The van der Waals surface area contributed by atoms with Crippen molar-refractivity contribution in [3.05, 3.63) is 75.1 Å². The molecule has 0 aliphatic rings. The van der Waals surface area contributed by atoms with Gasteiger partial charge in [0.1, 0.15) is 5.65 Å². The van der Waals surface area contributed by atoms with Crippen LogP contribution in [0.4, 0.5) is 0 Å². The van der Waals surface area contributed by atoms with Crippen molar-refractivity contribution in [2.75, 3.05) is 5.75 Å². The summed E-state index contributed by atoms with van der Waals surface area (Å²) in [5, 5.41) is 0.440. The van der Waals surface area contributed by atoms with Crippen molar-refractivity contribution in [3.63, 3.8) is 0 Å². The number of aromatic amines is 1. The lowest BCUT2D eigenvalue weighted by Gasteiger charge is -2.06. The van der Waals surface area contributed by atoms with Crippen LogP contribution in [0.15, 0.2) is 58.3 Å². The van der Waals surface area contributed by atoms with Crippen molar-refractivity contribution >= 4 is 22.8 Å². The van der Waals surface area contributed by atoms with E-state index in [0.29, 0.717) is 23.3 Å². The average molecular weight is 313 g/mol. The van der Waals surface area contributed by atoms with E-state index in [9.17, 15) is 9.59 Å². The molecule has 5 nitrogen and oxygen atoms in total. The fourth-order valence-corrected chi connectivity index (χ4v) is 3.09. The fraction of sp³-hybridized carbons (Fsp3) is 0.188. The SMILES string of the molecule is O=c1[nH]c2ncccc2c(=O)n1CCSCc1ccccc1. The lowest BCUT2D eigenvalue weighted by molar-refractivity contribution is 0.689. The van der Waals surface area contributed by atoms with Crippen molar-refractivity contribution in [3.8, 4) is 0 Å². The molecule has 112 valence electrons. The Balaban J connectivity index is 1.72. The highest BCUT2D eigenvalue weighted by atomic mass is 32.2. The van der Waals surface area contributed by atoms with Crippen molar-refractivity contribution < 1.29 is 0 Å². The Kier molecular flexibility index (Phi) is 4.39. The topological polar surface area (TPSA) is 67.8 Å². The summed E-state index contributed by atoms with van der Waals surface area (Å²) < 4.78 is 1.24. The van der Waals surface area contributed by atoms with E-state index in [-0.39, 0.29) is 5.56 Å². The number of hydrogen-bond donors (Lipinski definition) is 1. The van der Waals surface area contributed by atoms with Crippen molar-refractivity contribution in [2.45, 2.75) is 12.3 Å². The molecular formula is C16H15N3O2S. The first-order chi connectivity index (χ1) is 10.8. The molecule has 0 radical (unpaired) electrons. The minimum Gasteiger partial charge on any atom is -0.291 e. The highest BCUT2D eigenvalue weighted by Gasteiger charge is 2.07. The van der Waals surface area contributed by atoms with Gasteiger partial charge in [-0.3, -0.25) is 14.3 Å².